The zero-order chi connectivity index (χ0) is 15.1. The van der Waals surface area contributed by atoms with E-state index in [2.05, 4.69) is 15.0 Å². The molecule has 4 rings (SSSR count). The maximum Gasteiger partial charge on any atom is 0.345 e. The first-order valence-corrected chi connectivity index (χ1v) is 7.66. The highest BCUT2D eigenvalue weighted by Gasteiger charge is 2.41. The maximum absolute atomic E-state index is 12.4. The molecule has 22 heavy (non-hydrogen) atoms. The molecule has 2 aliphatic rings. The second kappa shape index (κ2) is 5.24. The van der Waals surface area contributed by atoms with Crippen molar-refractivity contribution in [2.75, 3.05) is 24.7 Å². The van der Waals surface area contributed by atoms with E-state index in [1.165, 1.54) is 0 Å². The van der Waals surface area contributed by atoms with Crippen LogP contribution in [0, 0.1) is 0 Å². The third-order valence-electron chi connectivity index (χ3n) is 4.34. The fraction of sp³-hybridized carbons (Fsp3) is 0.533. The van der Waals surface area contributed by atoms with Gasteiger partial charge in [-0.3, -0.25) is 0 Å². The molecule has 0 aliphatic carbocycles. The predicted octanol–water partition coefficient (Wildman–Crippen LogP) is 1.27. The fourth-order valence-corrected chi connectivity index (χ4v) is 3.42. The zero-order valence-corrected chi connectivity index (χ0v) is 12.4. The van der Waals surface area contributed by atoms with Gasteiger partial charge in [-0.1, -0.05) is 0 Å². The third-order valence-corrected chi connectivity index (χ3v) is 4.34. The molecule has 4 heterocycles. The van der Waals surface area contributed by atoms with Gasteiger partial charge in [0.25, 0.3) is 0 Å². The van der Waals surface area contributed by atoms with Crippen molar-refractivity contribution in [1.82, 2.24) is 14.6 Å². The van der Waals surface area contributed by atoms with E-state index in [0.717, 1.165) is 12.8 Å². The number of carbonyl (C=O) groups excluding carboxylic acids is 1. The van der Waals surface area contributed by atoms with Crippen LogP contribution in [0.4, 0.5) is 5.82 Å². The lowest BCUT2D eigenvalue weighted by Gasteiger charge is -2.35. The summed E-state index contributed by atoms with van der Waals surface area (Å²) in [5.41, 5.74) is 1.00. The van der Waals surface area contributed by atoms with Crippen LogP contribution in [-0.2, 0) is 9.47 Å². The van der Waals surface area contributed by atoms with Gasteiger partial charge >= 0.3 is 5.97 Å². The van der Waals surface area contributed by atoms with Crippen molar-refractivity contribution in [1.29, 1.82) is 0 Å². The summed E-state index contributed by atoms with van der Waals surface area (Å²) in [7, 11) is 0. The first-order chi connectivity index (χ1) is 10.8. The van der Waals surface area contributed by atoms with Crippen LogP contribution in [0.15, 0.2) is 18.5 Å². The number of aromatic nitrogens is 3. The molecule has 7 nitrogen and oxygen atoms in total. The van der Waals surface area contributed by atoms with E-state index in [-0.39, 0.29) is 18.1 Å². The van der Waals surface area contributed by atoms with Gasteiger partial charge in [0.1, 0.15) is 5.56 Å². The molecular formula is C15H18N4O3. The Hall–Kier alpha value is -2.15. The maximum atomic E-state index is 12.4. The highest BCUT2D eigenvalue weighted by atomic mass is 16.5. The van der Waals surface area contributed by atoms with Gasteiger partial charge in [-0.15, -0.1) is 5.10 Å². The lowest BCUT2D eigenvalue weighted by Crippen LogP contribution is -2.46. The highest BCUT2D eigenvalue weighted by molar-refractivity contribution is 6.01. The first-order valence-electron chi connectivity index (χ1n) is 7.66. The summed E-state index contributed by atoms with van der Waals surface area (Å²) in [4.78, 5) is 19.0. The number of fused-ring (bicyclic) bond motifs is 3. The van der Waals surface area contributed by atoms with Gasteiger partial charge in [0.2, 0.25) is 0 Å². The van der Waals surface area contributed by atoms with Crippen LogP contribution in [0.25, 0.3) is 5.65 Å². The molecule has 116 valence electrons. The molecule has 0 saturated carbocycles. The number of hydrogen-bond donors (Lipinski definition) is 0. The van der Waals surface area contributed by atoms with Crippen molar-refractivity contribution < 1.29 is 14.3 Å². The second-order valence-corrected chi connectivity index (χ2v) is 5.64. The Labute approximate surface area is 127 Å². The third kappa shape index (κ3) is 1.96. The molecule has 0 aromatic carbocycles. The average Bonchev–Trinajstić information content (AvgIpc) is 3.01. The zero-order valence-electron chi connectivity index (χ0n) is 12.4. The summed E-state index contributed by atoms with van der Waals surface area (Å²) < 4.78 is 12.5. The molecule has 2 bridgehead atoms. The van der Waals surface area contributed by atoms with Crippen LogP contribution in [0.3, 0.4) is 0 Å². The van der Waals surface area contributed by atoms with E-state index in [9.17, 15) is 4.79 Å². The minimum absolute atomic E-state index is 0.275. The van der Waals surface area contributed by atoms with Crippen LogP contribution in [0.1, 0.15) is 30.1 Å². The van der Waals surface area contributed by atoms with E-state index in [1.807, 2.05) is 0 Å². The van der Waals surface area contributed by atoms with Crippen LogP contribution in [-0.4, -0.2) is 52.5 Å². The molecule has 7 heteroatoms. The quantitative estimate of drug-likeness (QED) is 0.795. The van der Waals surface area contributed by atoms with E-state index in [0.29, 0.717) is 36.8 Å². The summed E-state index contributed by atoms with van der Waals surface area (Å²) in [6.07, 6.45) is 5.59. The van der Waals surface area contributed by atoms with Gasteiger partial charge in [0, 0.05) is 12.4 Å². The first kappa shape index (κ1) is 13.5. The van der Waals surface area contributed by atoms with Crippen molar-refractivity contribution in [3.63, 3.8) is 0 Å². The number of anilines is 1. The molecule has 2 unspecified atom stereocenters. The molecule has 2 fully saturated rings. The van der Waals surface area contributed by atoms with E-state index in [1.54, 1.807) is 29.9 Å². The number of esters is 1. The number of nitrogens with zero attached hydrogens (tertiary/aromatic N) is 4. The SMILES string of the molecule is CCOC(=O)c1c(N2C3CCC2COC3)nn2cccnc12. The van der Waals surface area contributed by atoms with Gasteiger partial charge < -0.3 is 14.4 Å². The monoisotopic (exact) mass is 302 g/mol. The number of hydrogen-bond acceptors (Lipinski definition) is 6. The molecule has 2 atom stereocenters. The number of carbonyl (C=O) groups is 1. The van der Waals surface area contributed by atoms with E-state index < -0.39 is 0 Å². The van der Waals surface area contributed by atoms with Gasteiger partial charge in [-0.25, -0.2) is 14.3 Å². The van der Waals surface area contributed by atoms with Crippen LogP contribution in [0.2, 0.25) is 0 Å². The lowest BCUT2D eigenvalue weighted by atomic mass is 10.2. The van der Waals surface area contributed by atoms with Crippen molar-refractivity contribution in [3.8, 4) is 0 Å². The van der Waals surface area contributed by atoms with Crippen molar-refractivity contribution in [2.45, 2.75) is 31.8 Å². The van der Waals surface area contributed by atoms with Gasteiger partial charge in [-0.05, 0) is 25.8 Å². The minimum Gasteiger partial charge on any atom is -0.462 e. The minimum atomic E-state index is -0.364. The highest BCUT2D eigenvalue weighted by Crippen LogP contribution is 2.36. The standard InChI is InChI=1S/C15H18N4O3/c1-2-22-15(20)12-13-16-6-3-7-18(13)17-14(12)19-10-4-5-11(19)9-21-8-10/h3,6-7,10-11H,2,4-5,8-9H2,1H3. The van der Waals surface area contributed by atoms with Crippen molar-refractivity contribution in [3.05, 3.63) is 24.0 Å². The normalized spacial score (nSPS) is 24.0. The Morgan fingerprint density at radius 1 is 1.41 bits per heavy atom. The summed E-state index contributed by atoms with van der Waals surface area (Å²) >= 11 is 0. The van der Waals surface area contributed by atoms with E-state index >= 15 is 0 Å². The van der Waals surface area contributed by atoms with Crippen LogP contribution in [0.5, 0.6) is 0 Å². The van der Waals surface area contributed by atoms with Crippen molar-refractivity contribution >= 4 is 17.4 Å². The van der Waals surface area contributed by atoms with Gasteiger partial charge in [-0.2, -0.15) is 0 Å². The lowest BCUT2D eigenvalue weighted by molar-refractivity contribution is 0.0527. The molecule has 2 saturated heterocycles. The molecule has 0 spiro atoms. The van der Waals surface area contributed by atoms with Gasteiger partial charge in [0.15, 0.2) is 11.5 Å². The molecule has 0 N–H and O–H groups in total. The molecule has 2 aromatic rings. The average molecular weight is 302 g/mol. The van der Waals surface area contributed by atoms with Crippen LogP contribution < -0.4 is 4.90 Å². The Morgan fingerprint density at radius 2 is 2.18 bits per heavy atom. The topological polar surface area (TPSA) is 69.0 Å². The van der Waals surface area contributed by atoms with E-state index in [4.69, 9.17) is 9.47 Å². The second-order valence-electron chi connectivity index (χ2n) is 5.64. The Morgan fingerprint density at radius 3 is 2.91 bits per heavy atom. The Balaban J connectivity index is 1.86. The molecule has 2 aliphatic heterocycles. The molecule has 0 amide bonds. The molecule has 0 radical (unpaired) electrons. The summed E-state index contributed by atoms with van der Waals surface area (Å²) in [6, 6.07) is 2.35. The number of rotatable bonds is 3. The summed E-state index contributed by atoms with van der Waals surface area (Å²) in [5.74, 6) is 0.310. The fourth-order valence-electron chi connectivity index (χ4n) is 3.42. The Kier molecular flexibility index (Phi) is 3.22. The largest absolute Gasteiger partial charge is 0.462 e. The Bertz CT molecular complexity index is 698. The van der Waals surface area contributed by atoms with Gasteiger partial charge in [0.05, 0.1) is 31.9 Å². The summed E-state index contributed by atoms with van der Waals surface area (Å²) in [5, 5.41) is 4.60. The summed E-state index contributed by atoms with van der Waals surface area (Å²) in [6.45, 7) is 3.49. The predicted molar refractivity (Wildman–Crippen MR) is 79.1 cm³/mol. The molecule has 2 aromatic heterocycles. The smallest absolute Gasteiger partial charge is 0.345 e. The number of ether oxygens (including phenoxy) is 2. The molecular weight excluding hydrogens is 284 g/mol. The number of morpholine rings is 1. The van der Waals surface area contributed by atoms with Crippen molar-refractivity contribution in [2.24, 2.45) is 0 Å². The van der Waals surface area contributed by atoms with Crippen LogP contribution >= 0.6 is 0 Å².